The number of nitrogens with one attached hydrogen (secondary N) is 3. The van der Waals surface area contributed by atoms with Crippen molar-refractivity contribution in [2.75, 3.05) is 0 Å². The smallest absolute Gasteiger partial charge is 0.277 e. The normalized spacial score (nSPS) is 13.3. The van der Waals surface area contributed by atoms with Gasteiger partial charge in [-0.2, -0.15) is 15.3 Å². The first-order valence-electron chi connectivity index (χ1n) is 7.12. The quantitative estimate of drug-likeness (QED) is 0.363. The van der Waals surface area contributed by atoms with E-state index in [9.17, 15) is 20.0 Å². The minimum absolute atomic E-state index is 0.114. The Kier molecular flexibility index (Phi) is 6.00. The lowest BCUT2D eigenvalue weighted by atomic mass is 10.1. The molecule has 11 heteroatoms. The molecule has 2 rings (SSSR count). The number of pyridine rings is 1. The summed E-state index contributed by atoms with van der Waals surface area (Å²) >= 11 is 0. The Morgan fingerprint density at radius 1 is 1.23 bits per heavy atom. The van der Waals surface area contributed by atoms with Crippen LogP contribution in [0.3, 0.4) is 0 Å². The van der Waals surface area contributed by atoms with Gasteiger partial charge in [-0.1, -0.05) is 0 Å². The maximum atomic E-state index is 11.9. The van der Waals surface area contributed by atoms with Crippen LogP contribution in [-0.4, -0.2) is 39.2 Å². The standard InChI is InChI=1S/C15H12N7O4/c16-8-13(19-18-11-3-5-12(6-4-11)22(25)26)15(24)21-20-14(23)10-2-1-7-17-9-10/h1-7,9,13,19H,(H2-,18,20,21,23,24,25,26)/q-1. The molecular formula is C15H12N7O4-. The zero-order chi connectivity index (χ0) is 18.9. The summed E-state index contributed by atoms with van der Waals surface area (Å²) < 4.78 is 0. The van der Waals surface area contributed by atoms with E-state index in [1.807, 2.05) is 0 Å². The third kappa shape index (κ3) is 4.90. The lowest BCUT2D eigenvalue weighted by Gasteiger charge is -2.12. The Bertz CT molecular complexity index is 830. The van der Waals surface area contributed by atoms with Gasteiger partial charge in [0.1, 0.15) is 0 Å². The minimum Gasteiger partial charge on any atom is -0.612 e. The molecule has 0 aliphatic heterocycles. The zero-order valence-corrected chi connectivity index (χ0v) is 13.1. The number of aromatic nitrogens is 1. The van der Waals surface area contributed by atoms with Gasteiger partial charge in [0.2, 0.25) is 11.8 Å². The van der Waals surface area contributed by atoms with Gasteiger partial charge in [-0.3, -0.25) is 30.9 Å². The molecule has 26 heavy (non-hydrogen) atoms. The SMILES string of the molecule is N#CC(NN=C1C=CC(=[N+]([O-])[O-])C=C1)C(=O)NNC(=O)c1cccnc1. The van der Waals surface area contributed by atoms with Crippen LogP contribution in [0.25, 0.3) is 0 Å². The van der Waals surface area contributed by atoms with Gasteiger partial charge in [0.15, 0.2) is 0 Å². The van der Waals surface area contributed by atoms with E-state index in [-0.39, 0.29) is 17.0 Å². The highest BCUT2D eigenvalue weighted by molar-refractivity contribution is 6.16. The highest BCUT2D eigenvalue weighted by Gasteiger charge is 2.18. The molecule has 1 atom stereocenters. The summed E-state index contributed by atoms with van der Waals surface area (Å²) in [5, 5.41) is 34.0. The van der Waals surface area contributed by atoms with E-state index in [1.165, 1.54) is 42.8 Å². The van der Waals surface area contributed by atoms with Gasteiger partial charge in [0.05, 0.1) is 17.3 Å². The second kappa shape index (κ2) is 8.60. The first kappa shape index (κ1) is 18.1. The number of carbonyl (C=O) groups is 2. The molecular weight excluding hydrogens is 342 g/mol. The van der Waals surface area contributed by atoms with E-state index in [1.54, 1.807) is 12.1 Å². The Balaban J connectivity index is 1.90. The number of rotatable bonds is 4. The third-order valence-electron chi connectivity index (χ3n) is 3.00. The zero-order valence-electron chi connectivity index (χ0n) is 13.1. The number of carbonyl (C=O) groups excluding carboxylic acids is 2. The molecule has 1 unspecified atom stereocenters. The van der Waals surface area contributed by atoms with Crippen LogP contribution in [0.4, 0.5) is 0 Å². The number of hydrazine groups is 1. The minimum atomic E-state index is -1.39. The second-order valence-corrected chi connectivity index (χ2v) is 4.76. The number of nitrogens with zero attached hydrogens (tertiary/aromatic N) is 4. The van der Waals surface area contributed by atoms with Crippen molar-refractivity contribution in [3.63, 3.8) is 0 Å². The fraction of sp³-hybridized carbons (Fsp3) is 0.0667. The number of allylic oxidation sites excluding steroid dienone is 4. The van der Waals surface area contributed by atoms with E-state index in [4.69, 9.17) is 5.26 Å². The Morgan fingerprint density at radius 3 is 2.54 bits per heavy atom. The summed E-state index contributed by atoms with van der Waals surface area (Å²) in [6, 6.07) is 3.34. The summed E-state index contributed by atoms with van der Waals surface area (Å²) in [6.45, 7) is 0. The Labute approximate surface area is 147 Å². The molecule has 11 nitrogen and oxygen atoms in total. The first-order chi connectivity index (χ1) is 12.5. The number of amides is 2. The van der Waals surface area contributed by atoms with Crippen molar-refractivity contribution in [2.45, 2.75) is 6.04 Å². The van der Waals surface area contributed by atoms with Crippen molar-refractivity contribution in [1.82, 2.24) is 21.3 Å². The summed E-state index contributed by atoms with van der Waals surface area (Å²) in [5.41, 5.74) is 6.95. The lowest BCUT2D eigenvalue weighted by molar-refractivity contribution is -0.377. The molecule has 132 valence electrons. The van der Waals surface area contributed by atoms with E-state index in [0.29, 0.717) is 0 Å². The van der Waals surface area contributed by atoms with E-state index < -0.39 is 22.8 Å². The van der Waals surface area contributed by atoms with Crippen LogP contribution in [0, 0.1) is 21.7 Å². The largest absolute Gasteiger partial charge is 0.612 e. The topological polar surface area (TPSA) is 168 Å². The average Bonchev–Trinajstić information content (AvgIpc) is 2.67. The molecule has 0 saturated heterocycles. The fourth-order valence-corrected chi connectivity index (χ4v) is 1.69. The molecule has 0 bridgehead atoms. The summed E-state index contributed by atoms with van der Waals surface area (Å²) in [6.07, 6.45) is 7.96. The summed E-state index contributed by atoms with van der Waals surface area (Å²) in [5.74, 6) is -1.44. The van der Waals surface area contributed by atoms with Gasteiger partial charge in [-0.05, 0) is 24.3 Å². The third-order valence-corrected chi connectivity index (χ3v) is 3.00. The maximum absolute atomic E-state index is 11.9. The van der Waals surface area contributed by atoms with Crippen molar-refractivity contribution in [3.05, 3.63) is 64.8 Å². The maximum Gasteiger partial charge on any atom is 0.277 e. The van der Waals surface area contributed by atoms with Gasteiger partial charge < -0.3 is 10.4 Å². The van der Waals surface area contributed by atoms with Gasteiger partial charge in [0.25, 0.3) is 11.8 Å². The van der Waals surface area contributed by atoms with Gasteiger partial charge in [-0.15, -0.1) is 0 Å². The summed E-state index contributed by atoms with van der Waals surface area (Å²) in [4.78, 5) is 26.9. The molecule has 0 saturated carbocycles. The van der Waals surface area contributed by atoms with E-state index >= 15 is 0 Å². The molecule has 0 spiro atoms. The van der Waals surface area contributed by atoms with Crippen LogP contribution in [0.2, 0.25) is 0 Å². The van der Waals surface area contributed by atoms with Gasteiger partial charge in [-0.25, -0.2) is 0 Å². The van der Waals surface area contributed by atoms with E-state index in [2.05, 4.69) is 26.4 Å². The molecule has 1 aliphatic rings. The van der Waals surface area contributed by atoms with Crippen molar-refractivity contribution >= 4 is 23.2 Å². The molecule has 1 aromatic heterocycles. The molecule has 1 aromatic rings. The molecule has 1 aliphatic carbocycles. The van der Waals surface area contributed by atoms with Crippen LogP contribution in [-0.2, 0) is 4.79 Å². The number of hydrogen-bond donors (Lipinski definition) is 3. The highest BCUT2D eigenvalue weighted by atomic mass is 16.8. The van der Waals surface area contributed by atoms with Crippen molar-refractivity contribution < 1.29 is 14.5 Å². The number of hydrogen-bond acceptors (Lipinski definition) is 8. The van der Waals surface area contributed by atoms with Crippen LogP contribution in [0.15, 0.2) is 53.9 Å². The molecule has 0 radical (unpaired) electrons. The van der Waals surface area contributed by atoms with Crippen molar-refractivity contribution in [3.8, 4) is 6.07 Å². The molecule has 3 N–H and O–H groups in total. The Hall–Kier alpha value is -4.20. The second-order valence-electron chi connectivity index (χ2n) is 4.76. The van der Waals surface area contributed by atoms with Gasteiger partial charge >= 0.3 is 0 Å². The van der Waals surface area contributed by atoms with Crippen LogP contribution >= 0.6 is 0 Å². The van der Waals surface area contributed by atoms with Crippen molar-refractivity contribution in [2.24, 2.45) is 5.10 Å². The van der Waals surface area contributed by atoms with Crippen LogP contribution in [0.5, 0.6) is 0 Å². The number of nitriles is 1. The average molecular weight is 354 g/mol. The lowest BCUT2D eigenvalue weighted by Crippen LogP contribution is -2.49. The highest BCUT2D eigenvalue weighted by Crippen LogP contribution is 1.97. The molecule has 1 heterocycles. The predicted molar refractivity (Wildman–Crippen MR) is 90.1 cm³/mol. The fourth-order valence-electron chi connectivity index (χ4n) is 1.69. The molecule has 0 fully saturated rings. The first-order valence-corrected chi connectivity index (χ1v) is 7.12. The van der Waals surface area contributed by atoms with Crippen LogP contribution in [0.1, 0.15) is 10.4 Å². The van der Waals surface area contributed by atoms with Crippen LogP contribution < -0.4 is 16.3 Å². The molecule has 0 aromatic carbocycles. The Morgan fingerprint density at radius 2 is 1.96 bits per heavy atom. The number of hydrazone groups is 1. The van der Waals surface area contributed by atoms with Crippen molar-refractivity contribution in [1.29, 1.82) is 5.26 Å². The summed E-state index contributed by atoms with van der Waals surface area (Å²) in [7, 11) is 0. The predicted octanol–water partition coefficient (Wildman–Crippen LogP) is -0.745. The molecule has 2 amide bonds. The van der Waals surface area contributed by atoms with E-state index in [0.717, 1.165) is 0 Å². The van der Waals surface area contributed by atoms with Gasteiger partial charge in [0, 0.05) is 24.5 Å². The monoisotopic (exact) mass is 354 g/mol.